The molecule has 0 aromatic carbocycles. The van der Waals surface area contributed by atoms with Gasteiger partial charge >= 0.3 is 0 Å². The summed E-state index contributed by atoms with van der Waals surface area (Å²) in [6.07, 6.45) is 5.38. The fraction of sp³-hybridized carbons (Fsp3) is 0.938. The number of nitrogens with two attached hydrogens (primary N) is 1. The largest absolute Gasteiger partial charge is 0.381 e. The van der Waals surface area contributed by atoms with Crippen LogP contribution in [0.4, 0.5) is 0 Å². The quantitative estimate of drug-likeness (QED) is 0.598. The molecule has 0 aromatic rings. The Kier molecular flexibility index (Phi) is 8.22. The van der Waals surface area contributed by atoms with E-state index in [9.17, 15) is 4.79 Å². The topological polar surface area (TPSA) is 67.6 Å². The number of amides is 1. The maximum Gasteiger partial charge on any atom is 0.237 e. The highest BCUT2D eigenvalue weighted by atomic mass is 16.5. The zero-order valence-electron chi connectivity index (χ0n) is 14.0. The van der Waals surface area contributed by atoms with Crippen LogP contribution in [-0.4, -0.2) is 56.2 Å². The number of hydrogen-bond acceptors (Lipinski definition) is 4. The van der Waals surface area contributed by atoms with Crippen molar-refractivity contribution < 1.29 is 9.53 Å². The van der Waals surface area contributed by atoms with Crippen LogP contribution in [-0.2, 0) is 9.53 Å². The van der Waals surface area contributed by atoms with Gasteiger partial charge in [0.15, 0.2) is 0 Å². The van der Waals surface area contributed by atoms with Crippen molar-refractivity contribution in [3.05, 3.63) is 0 Å². The molecule has 2 atom stereocenters. The molecule has 1 saturated heterocycles. The second-order valence-electron chi connectivity index (χ2n) is 6.53. The van der Waals surface area contributed by atoms with Crippen LogP contribution in [0.15, 0.2) is 0 Å². The Balaban J connectivity index is 2.18. The van der Waals surface area contributed by atoms with Crippen molar-refractivity contribution in [3.8, 4) is 0 Å². The molecule has 5 nitrogen and oxygen atoms in total. The van der Waals surface area contributed by atoms with Crippen molar-refractivity contribution in [2.24, 2.45) is 11.7 Å². The molecule has 21 heavy (non-hydrogen) atoms. The number of nitrogens with one attached hydrogen (secondary N) is 1. The number of primary amides is 1. The minimum absolute atomic E-state index is 0.253. The number of carbonyl (C=O) groups excluding carboxylic acids is 1. The van der Waals surface area contributed by atoms with E-state index in [1.807, 2.05) is 13.8 Å². The summed E-state index contributed by atoms with van der Waals surface area (Å²) in [4.78, 5) is 13.9. The van der Waals surface area contributed by atoms with Gasteiger partial charge in [-0.05, 0) is 65.1 Å². The average molecular weight is 299 g/mol. The van der Waals surface area contributed by atoms with Crippen LogP contribution in [0.25, 0.3) is 0 Å². The van der Waals surface area contributed by atoms with Gasteiger partial charge in [0, 0.05) is 13.2 Å². The Labute approximate surface area is 129 Å². The van der Waals surface area contributed by atoms with Gasteiger partial charge in [0.25, 0.3) is 0 Å². The molecule has 5 heteroatoms. The third-order valence-electron chi connectivity index (χ3n) is 4.40. The first-order valence-corrected chi connectivity index (χ1v) is 8.29. The number of hydrogen-bond donors (Lipinski definition) is 2. The monoisotopic (exact) mass is 299 g/mol. The number of carbonyl (C=O) groups is 1. The van der Waals surface area contributed by atoms with Crippen molar-refractivity contribution in [2.75, 3.05) is 39.9 Å². The SMILES string of the molecule is CCNC(C)(CCCCN(C)CC1CCCOC1)C(N)=O. The lowest BCUT2D eigenvalue weighted by Gasteiger charge is -2.28. The Hall–Kier alpha value is -0.650. The first-order chi connectivity index (χ1) is 9.98. The lowest BCUT2D eigenvalue weighted by molar-refractivity contribution is -0.124. The van der Waals surface area contributed by atoms with E-state index in [-0.39, 0.29) is 5.91 Å². The molecule has 0 spiro atoms. The summed E-state index contributed by atoms with van der Waals surface area (Å²) < 4.78 is 5.52. The molecule has 0 bridgehead atoms. The lowest BCUT2D eigenvalue weighted by atomic mass is 9.94. The minimum atomic E-state index is -0.565. The highest BCUT2D eigenvalue weighted by Crippen LogP contribution is 2.16. The van der Waals surface area contributed by atoms with Gasteiger partial charge < -0.3 is 20.7 Å². The van der Waals surface area contributed by atoms with Crippen LogP contribution in [0.1, 0.15) is 46.0 Å². The van der Waals surface area contributed by atoms with Crippen molar-refractivity contribution >= 4 is 5.91 Å². The van der Waals surface area contributed by atoms with Gasteiger partial charge in [0.05, 0.1) is 12.1 Å². The fourth-order valence-corrected chi connectivity index (χ4v) is 3.03. The molecular weight excluding hydrogens is 266 g/mol. The number of unbranched alkanes of at least 4 members (excludes halogenated alkanes) is 1. The molecule has 3 N–H and O–H groups in total. The number of nitrogens with zero attached hydrogens (tertiary/aromatic N) is 1. The normalized spacial score (nSPS) is 22.2. The maximum atomic E-state index is 11.5. The smallest absolute Gasteiger partial charge is 0.237 e. The molecule has 0 aliphatic carbocycles. The van der Waals surface area contributed by atoms with Gasteiger partial charge in [-0.1, -0.05) is 6.92 Å². The van der Waals surface area contributed by atoms with Crippen LogP contribution in [0.2, 0.25) is 0 Å². The standard InChI is InChI=1S/C16H33N3O2/c1-4-18-16(2,15(17)20)9-5-6-10-19(3)12-14-8-7-11-21-13-14/h14,18H,4-13H2,1-3H3,(H2,17,20). The predicted octanol–water partition coefficient (Wildman–Crippen LogP) is 1.37. The molecule has 2 unspecified atom stereocenters. The summed E-state index contributed by atoms with van der Waals surface area (Å²) in [5.74, 6) is 0.429. The van der Waals surface area contributed by atoms with E-state index in [1.54, 1.807) is 0 Å². The van der Waals surface area contributed by atoms with Crippen LogP contribution >= 0.6 is 0 Å². The Morgan fingerprint density at radius 1 is 1.48 bits per heavy atom. The predicted molar refractivity (Wildman–Crippen MR) is 86.2 cm³/mol. The van der Waals surface area contributed by atoms with Gasteiger partial charge in [-0.2, -0.15) is 0 Å². The Morgan fingerprint density at radius 3 is 2.81 bits per heavy atom. The first kappa shape index (κ1) is 18.4. The van der Waals surface area contributed by atoms with E-state index in [2.05, 4.69) is 17.3 Å². The molecule has 0 radical (unpaired) electrons. The van der Waals surface area contributed by atoms with Gasteiger partial charge in [0.2, 0.25) is 5.91 Å². The number of ether oxygens (including phenoxy) is 1. The second-order valence-corrected chi connectivity index (χ2v) is 6.53. The molecule has 1 aliphatic heterocycles. The average Bonchev–Trinajstić information content (AvgIpc) is 2.45. The molecule has 1 heterocycles. The number of rotatable bonds is 10. The van der Waals surface area contributed by atoms with Gasteiger partial charge in [-0.25, -0.2) is 0 Å². The molecule has 1 rings (SSSR count). The maximum absolute atomic E-state index is 11.5. The van der Waals surface area contributed by atoms with Gasteiger partial charge in [0.1, 0.15) is 0 Å². The Bertz CT molecular complexity index is 306. The van der Waals surface area contributed by atoms with Crippen molar-refractivity contribution in [1.82, 2.24) is 10.2 Å². The molecule has 124 valence electrons. The van der Waals surface area contributed by atoms with E-state index < -0.39 is 5.54 Å². The molecule has 1 amide bonds. The van der Waals surface area contributed by atoms with Gasteiger partial charge in [-0.15, -0.1) is 0 Å². The van der Waals surface area contributed by atoms with E-state index >= 15 is 0 Å². The zero-order chi connectivity index (χ0) is 15.7. The highest BCUT2D eigenvalue weighted by Gasteiger charge is 2.28. The van der Waals surface area contributed by atoms with E-state index in [0.717, 1.165) is 52.1 Å². The lowest BCUT2D eigenvalue weighted by Crippen LogP contribution is -2.53. The summed E-state index contributed by atoms with van der Waals surface area (Å²) >= 11 is 0. The van der Waals surface area contributed by atoms with Crippen LogP contribution < -0.4 is 11.1 Å². The van der Waals surface area contributed by atoms with E-state index in [0.29, 0.717) is 5.92 Å². The fourth-order valence-electron chi connectivity index (χ4n) is 3.03. The molecular formula is C16H33N3O2. The summed E-state index contributed by atoms with van der Waals surface area (Å²) in [6, 6.07) is 0. The molecule has 1 aliphatic rings. The van der Waals surface area contributed by atoms with E-state index in [4.69, 9.17) is 10.5 Å². The number of likely N-dealkylation sites (N-methyl/N-ethyl adjacent to an activating group) is 1. The van der Waals surface area contributed by atoms with Crippen LogP contribution in [0.5, 0.6) is 0 Å². The molecule has 0 aromatic heterocycles. The van der Waals surface area contributed by atoms with Gasteiger partial charge in [-0.3, -0.25) is 4.79 Å². The first-order valence-electron chi connectivity index (χ1n) is 8.29. The van der Waals surface area contributed by atoms with Crippen molar-refractivity contribution in [3.63, 3.8) is 0 Å². The van der Waals surface area contributed by atoms with Crippen LogP contribution in [0, 0.1) is 5.92 Å². The molecule has 0 saturated carbocycles. The third-order valence-corrected chi connectivity index (χ3v) is 4.40. The highest BCUT2D eigenvalue weighted by molar-refractivity contribution is 5.84. The van der Waals surface area contributed by atoms with Crippen molar-refractivity contribution in [1.29, 1.82) is 0 Å². The Morgan fingerprint density at radius 2 is 2.24 bits per heavy atom. The zero-order valence-corrected chi connectivity index (χ0v) is 14.0. The second kappa shape index (κ2) is 9.38. The molecule has 1 fully saturated rings. The summed E-state index contributed by atoms with van der Waals surface area (Å²) in [5, 5.41) is 3.21. The third kappa shape index (κ3) is 6.76. The van der Waals surface area contributed by atoms with E-state index in [1.165, 1.54) is 12.8 Å². The summed E-state index contributed by atoms with van der Waals surface area (Å²) in [6.45, 7) is 8.68. The summed E-state index contributed by atoms with van der Waals surface area (Å²) in [5.41, 5.74) is 4.93. The van der Waals surface area contributed by atoms with Crippen LogP contribution in [0.3, 0.4) is 0 Å². The summed E-state index contributed by atoms with van der Waals surface area (Å²) in [7, 11) is 2.17. The van der Waals surface area contributed by atoms with Crippen molar-refractivity contribution in [2.45, 2.75) is 51.5 Å². The minimum Gasteiger partial charge on any atom is -0.381 e.